The largest absolute Gasteiger partial charge is 0.354 e. The minimum absolute atomic E-state index is 0.0904. The van der Waals surface area contributed by atoms with Crippen LogP contribution in [-0.4, -0.2) is 29.1 Å². The van der Waals surface area contributed by atoms with Gasteiger partial charge in [-0.2, -0.15) is 0 Å². The molecule has 1 unspecified atom stereocenters. The molecule has 0 bridgehead atoms. The molecular formula is C14H22N4O2. The number of aryl methyl sites for hydroxylation is 1. The first kappa shape index (κ1) is 14.4. The maximum absolute atomic E-state index is 11.8. The summed E-state index contributed by atoms with van der Waals surface area (Å²) in [4.78, 5) is 23.6. The lowest BCUT2D eigenvalue weighted by atomic mass is 10.1. The van der Waals surface area contributed by atoms with Crippen molar-refractivity contribution in [3.8, 4) is 0 Å². The third kappa shape index (κ3) is 3.53. The van der Waals surface area contributed by atoms with Crippen molar-refractivity contribution < 1.29 is 9.59 Å². The Kier molecular flexibility index (Phi) is 4.65. The highest BCUT2D eigenvalue weighted by Gasteiger charge is 2.22. The van der Waals surface area contributed by atoms with Gasteiger partial charge in [0.2, 0.25) is 5.91 Å². The molecule has 110 valence electrons. The van der Waals surface area contributed by atoms with E-state index in [0.29, 0.717) is 19.5 Å². The molecule has 3 amide bonds. The predicted octanol–water partition coefficient (Wildman–Crippen LogP) is 0.801. The van der Waals surface area contributed by atoms with Gasteiger partial charge < -0.3 is 20.5 Å². The summed E-state index contributed by atoms with van der Waals surface area (Å²) in [5.41, 5.74) is 2.17. The van der Waals surface area contributed by atoms with Crippen LogP contribution in [0.15, 0.2) is 12.1 Å². The maximum Gasteiger partial charge on any atom is 0.315 e. The predicted molar refractivity (Wildman–Crippen MR) is 76.2 cm³/mol. The lowest BCUT2D eigenvalue weighted by Crippen LogP contribution is -2.49. The van der Waals surface area contributed by atoms with E-state index in [1.54, 1.807) is 0 Å². The van der Waals surface area contributed by atoms with E-state index < -0.39 is 6.04 Å². The van der Waals surface area contributed by atoms with Crippen molar-refractivity contribution in [1.82, 2.24) is 20.5 Å². The summed E-state index contributed by atoms with van der Waals surface area (Å²) in [7, 11) is 1.96. The average Bonchev–Trinajstić information content (AvgIpc) is 2.61. The number of aromatic nitrogens is 1. The topological polar surface area (TPSA) is 75.2 Å². The molecule has 20 heavy (non-hydrogen) atoms. The molecule has 1 aliphatic rings. The third-order valence-corrected chi connectivity index (χ3v) is 3.75. The number of carbonyl (C=O) groups excluding carboxylic acids is 2. The molecule has 0 spiro atoms. The molecule has 1 saturated heterocycles. The van der Waals surface area contributed by atoms with Crippen molar-refractivity contribution in [3.05, 3.63) is 23.5 Å². The number of rotatable bonds is 3. The number of hydrogen-bond donors (Lipinski definition) is 3. The van der Waals surface area contributed by atoms with Gasteiger partial charge in [-0.1, -0.05) is 0 Å². The monoisotopic (exact) mass is 278 g/mol. The van der Waals surface area contributed by atoms with Crippen molar-refractivity contribution in [2.75, 3.05) is 6.54 Å². The SMILES string of the molecule is Cc1ccc(CNC(=O)NC2CCCCNC2=O)n1C. The van der Waals surface area contributed by atoms with Gasteiger partial charge in [0.05, 0.1) is 6.54 Å². The van der Waals surface area contributed by atoms with Crippen molar-refractivity contribution >= 4 is 11.9 Å². The Bertz CT molecular complexity index is 495. The summed E-state index contributed by atoms with van der Waals surface area (Å²) in [6.07, 6.45) is 2.61. The molecule has 2 heterocycles. The zero-order valence-corrected chi connectivity index (χ0v) is 12.0. The van der Waals surface area contributed by atoms with Gasteiger partial charge >= 0.3 is 6.03 Å². The Morgan fingerprint density at radius 1 is 1.45 bits per heavy atom. The number of urea groups is 1. The van der Waals surface area contributed by atoms with Crippen LogP contribution in [0, 0.1) is 6.92 Å². The van der Waals surface area contributed by atoms with Gasteiger partial charge in [-0.05, 0) is 38.3 Å². The van der Waals surface area contributed by atoms with Crippen LogP contribution in [-0.2, 0) is 18.4 Å². The summed E-state index contributed by atoms with van der Waals surface area (Å²) >= 11 is 0. The Labute approximate surface area is 118 Å². The summed E-state index contributed by atoms with van der Waals surface area (Å²) in [6.45, 7) is 3.16. The number of nitrogens with one attached hydrogen (secondary N) is 3. The Morgan fingerprint density at radius 2 is 2.25 bits per heavy atom. The standard InChI is InChI=1S/C14H22N4O2/c1-10-6-7-11(18(10)2)9-16-14(20)17-12-5-3-4-8-15-13(12)19/h6-7,12H,3-5,8-9H2,1-2H3,(H,15,19)(H2,16,17,20). The molecule has 0 aliphatic carbocycles. The van der Waals surface area contributed by atoms with Crippen LogP contribution in [0.2, 0.25) is 0 Å². The van der Waals surface area contributed by atoms with E-state index in [4.69, 9.17) is 0 Å². The van der Waals surface area contributed by atoms with Crippen LogP contribution in [0.4, 0.5) is 4.79 Å². The number of amides is 3. The molecule has 6 nitrogen and oxygen atoms in total. The molecule has 0 saturated carbocycles. The first-order chi connectivity index (χ1) is 9.58. The smallest absolute Gasteiger partial charge is 0.315 e. The minimum atomic E-state index is -0.423. The van der Waals surface area contributed by atoms with Crippen molar-refractivity contribution in [1.29, 1.82) is 0 Å². The van der Waals surface area contributed by atoms with E-state index >= 15 is 0 Å². The lowest BCUT2D eigenvalue weighted by Gasteiger charge is -2.16. The van der Waals surface area contributed by atoms with Crippen molar-refractivity contribution in [3.63, 3.8) is 0 Å². The van der Waals surface area contributed by atoms with Crippen LogP contribution in [0.5, 0.6) is 0 Å². The third-order valence-electron chi connectivity index (χ3n) is 3.75. The van der Waals surface area contributed by atoms with E-state index in [1.807, 2.05) is 30.7 Å². The highest BCUT2D eigenvalue weighted by Crippen LogP contribution is 2.06. The average molecular weight is 278 g/mol. The van der Waals surface area contributed by atoms with E-state index in [-0.39, 0.29) is 11.9 Å². The molecule has 1 aromatic heterocycles. The zero-order valence-electron chi connectivity index (χ0n) is 12.0. The normalized spacial score (nSPS) is 19.1. The molecule has 6 heteroatoms. The second-order valence-electron chi connectivity index (χ2n) is 5.19. The van der Waals surface area contributed by atoms with Crippen LogP contribution in [0.3, 0.4) is 0 Å². The number of nitrogens with zero attached hydrogens (tertiary/aromatic N) is 1. The van der Waals surface area contributed by atoms with Gasteiger partial charge in [0.15, 0.2) is 0 Å². The van der Waals surface area contributed by atoms with E-state index in [0.717, 1.165) is 24.2 Å². The highest BCUT2D eigenvalue weighted by atomic mass is 16.2. The van der Waals surface area contributed by atoms with Gasteiger partial charge in [0, 0.05) is 25.0 Å². The van der Waals surface area contributed by atoms with Gasteiger partial charge in [-0.3, -0.25) is 4.79 Å². The maximum atomic E-state index is 11.8. The van der Waals surface area contributed by atoms with Crippen LogP contribution in [0.25, 0.3) is 0 Å². The summed E-state index contributed by atoms with van der Waals surface area (Å²) in [5.74, 6) is -0.0904. The van der Waals surface area contributed by atoms with Gasteiger partial charge in [0.1, 0.15) is 6.04 Å². The molecule has 3 N–H and O–H groups in total. The Hall–Kier alpha value is -1.98. The van der Waals surface area contributed by atoms with Crippen molar-refractivity contribution in [2.45, 2.75) is 38.8 Å². The van der Waals surface area contributed by atoms with Crippen LogP contribution >= 0.6 is 0 Å². The Morgan fingerprint density at radius 3 is 2.95 bits per heavy atom. The molecule has 0 radical (unpaired) electrons. The molecular weight excluding hydrogens is 256 g/mol. The fourth-order valence-corrected chi connectivity index (χ4v) is 2.30. The molecule has 1 aromatic rings. The number of carbonyl (C=O) groups is 2. The van der Waals surface area contributed by atoms with Gasteiger partial charge in [-0.25, -0.2) is 4.79 Å². The fraction of sp³-hybridized carbons (Fsp3) is 0.571. The zero-order chi connectivity index (χ0) is 14.5. The summed E-state index contributed by atoms with van der Waals surface area (Å²) in [6, 6.07) is 3.26. The summed E-state index contributed by atoms with van der Waals surface area (Å²) < 4.78 is 2.03. The molecule has 1 fully saturated rings. The first-order valence-corrected chi connectivity index (χ1v) is 7.01. The molecule has 1 atom stereocenters. The second-order valence-corrected chi connectivity index (χ2v) is 5.19. The highest BCUT2D eigenvalue weighted by molar-refractivity contribution is 5.87. The minimum Gasteiger partial charge on any atom is -0.354 e. The molecule has 0 aromatic carbocycles. The lowest BCUT2D eigenvalue weighted by molar-refractivity contribution is -0.122. The molecule has 2 rings (SSSR count). The van der Waals surface area contributed by atoms with E-state index in [1.165, 1.54) is 0 Å². The summed E-state index contributed by atoms with van der Waals surface area (Å²) in [5, 5.41) is 8.32. The number of hydrogen-bond acceptors (Lipinski definition) is 2. The second kappa shape index (κ2) is 6.45. The quantitative estimate of drug-likeness (QED) is 0.765. The Balaban J connectivity index is 1.83. The fourth-order valence-electron chi connectivity index (χ4n) is 2.30. The van der Waals surface area contributed by atoms with Gasteiger partial charge in [0.25, 0.3) is 0 Å². The molecule has 1 aliphatic heterocycles. The first-order valence-electron chi connectivity index (χ1n) is 7.01. The van der Waals surface area contributed by atoms with Crippen LogP contribution in [0.1, 0.15) is 30.7 Å². The van der Waals surface area contributed by atoms with Crippen molar-refractivity contribution in [2.24, 2.45) is 7.05 Å². The van der Waals surface area contributed by atoms with Gasteiger partial charge in [-0.15, -0.1) is 0 Å². The van der Waals surface area contributed by atoms with E-state index in [9.17, 15) is 9.59 Å². The van der Waals surface area contributed by atoms with E-state index in [2.05, 4.69) is 16.0 Å². The van der Waals surface area contributed by atoms with Crippen LogP contribution < -0.4 is 16.0 Å².